The van der Waals surface area contributed by atoms with E-state index in [0.29, 0.717) is 12.2 Å². The summed E-state index contributed by atoms with van der Waals surface area (Å²) in [6.07, 6.45) is 1.30. The van der Waals surface area contributed by atoms with Crippen molar-refractivity contribution in [2.24, 2.45) is 7.05 Å². The van der Waals surface area contributed by atoms with E-state index >= 15 is 0 Å². The van der Waals surface area contributed by atoms with Crippen LogP contribution in [0.4, 0.5) is 11.5 Å². The molecule has 0 saturated carbocycles. The van der Waals surface area contributed by atoms with Crippen molar-refractivity contribution in [2.75, 3.05) is 11.1 Å². The molecule has 0 unspecified atom stereocenters. The third-order valence-corrected chi connectivity index (χ3v) is 4.07. The number of nitrogens with zero attached hydrogens (tertiary/aromatic N) is 2. The Labute approximate surface area is 118 Å². The lowest BCUT2D eigenvalue weighted by Crippen LogP contribution is -2.18. The lowest BCUT2D eigenvalue weighted by atomic mass is 9.99. The molecule has 2 heterocycles. The summed E-state index contributed by atoms with van der Waals surface area (Å²) in [5, 5.41) is 7.06. The maximum atomic E-state index is 11.3. The summed E-state index contributed by atoms with van der Waals surface area (Å²) in [5.74, 6) is 0.551. The van der Waals surface area contributed by atoms with Gasteiger partial charge in [0.15, 0.2) is 5.82 Å². The molecule has 0 radical (unpaired) electrons. The summed E-state index contributed by atoms with van der Waals surface area (Å²) < 4.78 is 2.55. The fourth-order valence-corrected chi connectivity index (χ4v) is 2.93. The molecule has 5 nitrogen and oxygen atoms in total. The Morgan fingerprint density at radius 2 is 2.21 bits per heavy atom. The average molecular weight is 321 g/mol. The molecule has 0 bridgehead atoms. The smallest absolute Gasteiger partial charge is 0.224 e. The zero-order chi connectivity index (χ0) is 13.6. The predicted octanol–water partition coefficient (Wildman–Crippen LogP) is 2.32. The number of fused-ring (bicyclic) bond motifs is 1. The van der Waals surface area contributed by atoms with E-state index in [4.69, 9.17) is 5.73 Å². The zero-order valence-electron chi connectivity index (χ0n) is 10.4. The van der Waals surface area contributed by atoms with Crippen LogP contribution in [0, 0.1) is 0 Å². The fourth-order valence-electron chi connectivity index (χ4n) is 2.36. The third-order valence-electron chi connectivity index (χ3n) is 3.29. The number of nitrogens with two attached hydrogens (primary N) is 1. The molecule has 0 fully saturated rings. The minimum atomic E-state index is 0.0752. The van der Waals surface area contributed by atoms with E-state index in [0.717, 1.165) is 33.4 Å². The molecule has 0 spiro atoms. The number of carbonyl (C=O) groups is 1. The van der Waals surface area contributed by atoms with Crippen molar-refractivity contribution in [3.05, 3.63) is 28.2 Å². The van der Waals surface area contributed by atoms with Crippen molar-refractivity contribution in [3.63, 3.8) is 0 Å². The van der Waals surface area contributed by atoms with Crippen LogP contribution in [0.5, 0.6) is 0 Å². The predicted molar refractivity (Wildman–Crippen MR) is 77.7 cm³/mol. The van der Waals surface area contributed by atoms with Gasteiger partial charge >= 0.3 is 0 Å². The molecule has 19 heavy (non-hydrogen) atoms. The minimum Gasteiger partial charge on any atom is -0.381 e. The Bertz CT molecular complexity index is 678. The monoisotopic (exact) mass is 320 g/mol. The van der Waals surface area contributed by atoms with Gasteiger partial charge in [-0.25, -0.2) is 0 Å². The molecule has 2 aromatic rings. The highest BCUT2D eigenvalue weighted by Crippen LogP contribution is 2.34. The number of rotatable bonds is 1. The molecule has 0 aliphatic carbocycles. The van der Waals surface area contributed by atoms with Crippen molar-refractivity contribution in [2.45, 2.75) is 12.8 Å². The lowest BCUT2D eigenvalue weighted by molar-refractivity contribution is -0.116. The molecule has 1 aliphatic heterocycles. The molecule has 1 aromatic carbocycles. The van der Waals surface area contributed by atoms with Gasteiger partial charge in [-0.2, -0.15) is 5.10 Å². The second-order valence-electron chi connectivity index (χ2n) is 4.59. The quantitative estimate of drug-likeness (QED) is 0.846. The van der Waals surface area contributed by atoms with E-state index in [-0.39, 0.29) is 5.91 Å². The lowest BCUT2D eigenvalue weighted by Gasteiger charge is -2.17. The van der Waals surface area contributed by atoms with Crippen LogP contribution in [0.25, 0.3) is 11.3 Å². The number of aryl methyl sites for hydroxylation is 2. The van der Waals surface area contributed by atoms with E-state index in [1.165, 1.54) is 0 Å². The number of anilines is 2. The van der Waals surface area contributed by atoms with E-state index in [1.54, 1.807) is 4.68 Å². The number of halogens is 1. The number of nitrogen functional groups attached to an aromatic ring is 1. The van der Waals surface area contributed by atoms with Gasteiger partial charge in [0.25, 0.3) is 0 Å². The molecular formula is C13H13BrN4O. The highest BCUT2D eigenvalue weighted by Gasteiger charge is 2.18. The molecule has 1 aromatic heterocycles. The van der Waals surface area contributed by atoms with Gasteiger partial charge in [-0.3, -0.25) is 9.48 Å². The molecule has 98 valence electrons. The van der Waals surface area contributed by atoms with Crippen molar-refractivity contribution >= 4 is 33.3 Å². The van der Waals surface area contributed by atoms with Crippen LogP contribution in [-0.2, 0) is 18.3 Å². The van der Waals surface area contributed by atoms with Gasteiger partial charge < -0.3 is 11.1 Å². The number of amides is 1. The maximum absolute atomic E-state index is 11.3. The van der Waals surface area contributed by atoms with Crippen molar-refractivity contribution in [1.82, 2.24) is 9.78 Å². The first-order valence-corrected chi connectivity index (χ1v) is 6.76. The summed E-state index contributed by atoms with van der Waals surface area (Å²) >= 11 is 3.47. The normalized spacial score (nSPS) is 14.1. The summed E-state index contributed by atoms with van der Waals surface area (Å²) in [4.78, 5) is 11.3. The largest absolute Gasteiger partial charge is 0.381 e. The van der Waals surface area contributed by atoms with Crippen LogP contribution in [-0.4, -0.2) is 15.7 Å². The molecule has 1 amide bonds. The number of hydrogen-bond donors (Lipinski definition) is 2. The topological polar surface area (TPSA) is 72.9 Å². The fraction of sp³-hybridized carbons (Fsp3) is 0.231. The number of aromatic nitrogens is 2. The molecular weight excluding hydrogens is 308 g/mol. The Kier molecular flexibility index (Phi) is 2.82. The van der Waals surface area contributed by atoms with Gasteiger partial charge in [0.1, 0.15) is 0 Å². The van der Waals surface area contributed by atoms with Crippen LogP contribution in [0.2, 0.25) is 0 Å². The van der Waals surface area contributed by atoms with Gasteiger partial charge in [-0.05, 0) is 40.0 Å². The summed E-state index contributed by atoms with van der Waals surface area (Å²) in [5.41, 5.74) is 9.81. The highest BCUT2D eigenvalue weighted by atomic mass is 79.9. The van der Waals surface area contributed by atoms with E-state index < -0.39 is 0 Å². The van der Waals surface area contributed by atoms with E-state index in [1.807, 2.05) is 19.2 Å². The van der Waals surface area contributed by atoms with Crippen LogP contribution >= 0.6 is 15.9 Å². The first kappa shape index (κ1) is 12.2. The number of carbonyl (C=O) groups excluding carboxylic acids is 1. The first-order chi connectivity index (χ1) is 9.06. The van der Waals surface area contributed by atoms with Crippen LogP contribution < -0.4 is 11.1 Å². The van der Waals surface area contributed by atoms with Gasteiger partial charge in [0, 0.05) is 24.7 Å². The zero-order valence-corrected chi connectivity index (χ0v) is 12.0. The Hall–Kier alpha value is -1.82. The van der Waals surface area contributed by atoms with Gasteiger partial charge in [0.05, 0.1) is 10.2 Å². The Balaban J connectivity index is 2.10. The first-order valence-electron chi connectivity index (χ1n) is 5.97. The number of nitrogens with one attached hydrogen (secondary N) is 1. The van der Waals surface area contributed by atoms with Crippen LogP contribution in [0.3, 0.4) is 0 Å². The maximum Gasteiger partial charge on any atom is 0.224 e. The van der Waals surface area contributed by atoms with Crippen molar-refractivity contribution in [3.8, 4) is 11.3 Å². The molecule has 0 saturated heterocycles. The number of benzene rings is 1. The Morgan fingerprint density at radius 3 is 2.89 bits per heavy atom. The number of hydrogen-bond acceptors (Lipinski definition) is 3. The molecule has 3 N–H and O–H groups in total. The van der Waals surface area contributed by atoms with E-state index in [2.05, 4.69) is 32.4 Å². The van der Waals surface area contributed by atoms with Gasteiger partial charge in [-0.1, -0.05) is 6.07 Å². The van der Waals surface area contributed by atoms with Gasteiger partial charge in [0.2, 0.25) is 5.91 Å². The van der Waals surface area contributed by atoms with Crippen LogP contribution in [0.15, 0.2) is 22.7 Å². The molecule has 6 heteroatoms. The Morgan fingerprint density at radius 1 is 1.42 bits per heavy atom. The molecule has 3 rings (SSSR count). The minimum absolute atomic E-state index is 0.0752. The summed E-state index contributed by atoms with van der Waals surface area (Å²) in [6.45, 7) is 0. The van der Waals surface area contributed by atoms with Crippen molar-refractivity contribution < 1.29 is 4.79 Å². The SMILES string of the molecule is Cn1nc(N)c(Br)c1-c1ccc2c(c1)CCC(=O)N2. The standard InChI is InChI=1S/C13H13BrN4O/c1-18-12(11(14)13(15)17-18)8-2-4-9-7(6-8)3-5-10(19)16-9/h2,4,6H,3,5H2,1H3,(H2,15,17)(H,16,19). The average Bonchev–Trinajstić information content (AvgIpc) is 2.63. The van der Waals surface area contributed by atoms with Gasteiger partial charge in [-0.15, -0.1) is 0 Å². The summed E-state index contributed by atoms with van der Waals surface area (Å²) in [6, 6.07) is 5.97. The molecule has 0 atom stereocenters. The summed E-state index contributed by atoms with van der Waals surface area (Å²) in [7, 11) is 1.86. The highest BCUT2D eigenvalue weighted by molar-refractivity contribution is 9.10. The molecule has 1 aliphatic rings. The van der Waals surface area contributed by atoms with Crippen molar-refractivity contribution in [1.29, 1.82) is 0 Å². The second-order valence-corrected chi connectivity index (χ2v) is 5.38. The van der Waals surface area contributed by atoms with E-state index in [9.17, 15) is 4.79 Å². The third kappa shape index (κ3) is 2.02. The van der Waals surface area contributed by atoms with Crippen LogP contribution in [0.1, 0.15) is 12.0 Å². The second kappa shape index (κ2) is 4.38.